The molecule has 0 fully saturated rings. The highest BCUT2D eigenvalue weighted by Gasteiger charge is 2.40. The number of amides is 2. The van der Waals surface area contributed by atoms with Crippen LogP contribution in [0.1, 0.15) is 32.8 Å². The van der Waals surface area contributed by atoms with Crippen molar-refractivity contribution in [2.45, 2.75) is 12.6 Å². The fourth-order valence-corrected chi connectivity index (χ4v) is 2.34. The van der Waals surface area contributed by atoms with Gasteiger partial charge in [-0.3, -0.25) is 9.59 Å². The van der Waals surface area contributed by atoms with Crippen LogP contribution in [0.15, 0.2) is 30.5 Å². The standard InChI is InChI=1S/C17H17F3N4O4/c1-23(2)13(25)7-8-21-15(26)10-3-5-11(6-4-10)24-14(17(18,19)20)12(9-22-24)16(27)28/h3-6,9H,7-8H2,1-2H3,(H,21,26)(H,27,28). The number of carbonyl (C=O) groups is 3. The molecule has 0 saturated heterocycles. The van der Waals surface area contributed by atoms with Crippen LogP contribution in [0.5, 0.6) is 0 Å². The number of halogens is 3. The molecule has 0 bridgehead atoms. The predicted octanol–water partition coefficient (Wildman–Crippen LogP) is 1.80. The van der Waals surface area contributed by atoms with Crippen molar-refractivity contribution in [1.82, 2.24) is 20.0 Å². The fourth-order valence-electron chi connectivity index (χ4n) is 2.34. The maximum absolute atomic E-state index is 13.2. The van der Waals surface area contributed by atoms with E-state index in [-0.39, 0.29) is 30.1 Å². The number of hydrogen-bond donors (Lipinski definition) is 2. The summed E-state index contributed by atoms with van der Waals surface area (Å²) in [6, 6.07) is 4.99. The van der Waals surface area contributed by atoms with E-state index in [4.69, 9.17) is 5.11 Å². The van der Waals surface area contributed by atoms with Gasteiger partial charge >= 0.3 is 12.1 Å². The molecule has 0 saturated carbocycles. The van der Waals surface area contributed by atoms with E-state index in [0.29, 0.717) is 10.9 Å². The zero-order chi connectivity index (χ0) is 21.1. The minimum atomic E-state index is -4.93. The SMILES string of the molecule is CN(C)C(=O)CCNC(=O)c1ccc(-n2ncc(C(=O)O)c2C(F)(F)F)cc1. The first-order chi connectivity index (χ1) is 13.0. The van der Waals surface area contributed by atoms with E-state index < -0.39 is 29.3 Å². The van der Waals surface area contributed by atoms with Crippen LogP contribution in [-0.2, 0) is 11.0 Å². The van der Waals surface area contributed by atoms with Crippen LogP contribution in [-0.4, -0.2) is 58.2 Å². The number of nitrogens with zero attached hydrogens (tertiary/aromatic N) is 3. The summed E-state index contributed by atoms with van der Waals surface area (Å²) >= 11 is 0. The minimum absolute atomic E-state index is 0.0563. The quantitative estimate of drug-likeness (QED) is 0.772. The molecule has 0 spiro atoms. The minimum Gasteiger partial charge on any atom is -0.478 e. The highest BCUT2D eigenvalue weighted by atomic mass is 19.4. The van der Waals surface area contributed by atoms with E-state index in [0.717, 1.165) is 0 Å². The van der Waals surface area contributed by atoms with Gasteiger partial charge in [-0.2, -0.15) is 18.3 Å². The van der Waals surface area contributed by atoms with Gasteiger partial charge in [0.05, 0.1) is 11.9 Å². The molecule has 2 aromatic rings. The van der Waals surface area contributed by atoms with E-state index in [1.54, 1.807) is 14.1 Å². The molecule has 0 radical (unpaired) electrons. The summed E-state index contributed by atoms with van der Waals surface area (Å²) in [6.07, 6.45) is -4.20. The first kappa shape index (κ1) is 20.9. The lowest BCUT2D eigenvalue weighted by Gasteiger charge is -2.12. The van der Waals surface area contributed by atoms with Gasteiger partial charge in [0, 0.05) is 32.6 Å². The summed E-state index contributed by atoms with van der Waals surface area (Å²) in [5.41, 5.74) is -2.28. The van der Waals surface area contributed by atoms with E-state index in [1.807, 2.05) is 0 Å². The molecule has 28 heavy (non-hydrogen) atoms. The van der Waals surface area contributed by atoms with Gasteiger partial charge in [0.25, 0.3) is 5.91 Å². The molecule has 2 amide bonds. The highest BCUT2D eigenvalue weighted by Crippen LogP contribution is 2.33. The Morgan fingerprint density at radius 3 is 2.29 bits per heavy atom. The predicted molar refractivity (Wildman–Crippen MR) is 91.2 cm³/mol. The molecule has 1 heterocycles. The first-order valence-corrected chi connectivity index (χ1v) is 7.99. The number of alkyl halides is 3. The molecule has 8 nitrogen and oxygen atoms in total. The summed E-state index contributed by atoms with van der Waals surface area (Å²) < 4.78 is 40.2. The van der Waals surface area contributed by atoms with Crippen molar-refractivity contribution in [3.8, 4) is 5.69 Å². The molecule has 150 valence electrons. The van der Waals surface area contributed by atoms with E-state index >= 15 is 0 Å². The average Bonchev–Trinajstić information content (AvgIpc) is 3.07. The second-order valence-electron chi connectivity index (χ2n) is 5.96. The molecule has 0 aliphatic heterocycles. The van der Waals surface area contributed by atoms with Gasteiger partial charge in [-0.1, -0.05) is 0 Å². The Labute approximate surface area is 157 Å². The number of benzene rings is 1. The maximum Gasteiger partial charge on any atom is 0.434 e. The number of carboxylic acids is 1. The van der Waals surface area contributed by atoms with Crippen molar-refractivity contribution < 1.29 is 32.7 Å². The number of hydrogen-bond acceptors (Lipinski definition) is 4. The summed E-state index contributed by atoms with van der Waals surface area (Å²) in [5.74, 6) is -2.41. The molecule has 2 N–H and O–H groups in total. The zero-order valence-corrected chi connectivity index (χ0v) is 14.9. The smallest absolute Gasteiger partial charge is 0.434 e. The van der Waals surface area contributed by atoms with Gasteiger partial charge < -0.3 is 15.3 Å². The molecular formula is C17H17F3N4O4. The van der Waals surface area contributed by atoms with Crippen LogP contribution in [0.4, 0.5) is 13.2 Å². The van der Waals surface area contributed by atoms with E-state index in [2.05, 4.69) is 10.4 Å². The van der Waals surface area contributed by atoms with Crippen LogP contribution < -0.4 is 5.32 Å². The zero-order valence-electron chi connectivity index (χ0n) is 14.9. The lowest BCUT2D eigenvalue weighted by atomic mass is 10.2. The van der Waals surface area contributed by atoms with Gasteiger partial charge in [0.1, 0.15) is 5.56 Å². The van der Waals surface area contributed by atoms with Gasteiger partial charge in [-0.25, -0.2) is 9.48 Å². The number of nitrogens with one attached hydrogen (secondary N) is 1. The molecule has 0 unspecified atom stereocenters. The van der Waals surface area contributed by atoms with E-state index in [9.17, 15) is 27.6 Å². The largest absolute Gasteiger partial charge is 0.478 e. The number of carboxylic acid groups (broad SMARTS) is 1. The second kappa shape index (κ2) is 8.11. The molecule has 0 atom stereocenters. The summed E-state index contributed by atoms with van der Waals surface area (Å²) in [6.45, 7) is 0.108. The van der Waals surface area contributed by atoms with Gasteiger partial charge in [0.2, 0.25) is 5.91 Å². The van der Waals surface area contributed by atoms with Gasteiger partial charge in [-0.15, -0.1) is 0 Å². The fraction of sp³-hybridized carbons (Fsp3) is 0.294. The Bertz CT molecular complexity index is 889. The number of aromatic carboxylic acids is 1. The van der Waals surface area contributed by atoms with Crippen molar-refractivity contribution in [2.75, 3.05) is 20.6 Å². The second-order valence-corrected chi connectivity index (χ2v) is 5.96. The normalized spacial score (nSPS) is 11.2. The van der Waals surface area contributed by atoms with Crippen molar-refractivity contribution in [3.63, 3.8) is 0 Å². The highest BCUT2D eigenvalue weighted by molar-refractivity contribution is 5.94. The van der Waals surface area contributed by atoms with Crippen LogP contribution in [0.25, 0.3) is 5.69 Å². The topological polar surface area (TPSA) is 105 Å². The molecule has 1 aromatic heterocycles. The molecule has 2 rings (SSSR count). The third-order valence-electron chi connectivity index (χ3n) is 3.77. The lowest BCUT2D eigenvalue weighted by Crippen LogP contribution is -2.30. The van der Waals surface area contributed by atoms with Gasteiger partial charge in [0.15, 0.2) is 5.69 Å². The third kappa shape index (κ3) is 4.67. The average molecular weight is 398 g/mol. The Morgan fingerprint density at radius 1 is 1.18 bits per heavy atom. The summed E-state index contributed by atoms with van der Waals surface area (Å²) in [5, 5.41) is 15.0. The lowest BCUT2D eigenvalue weighted by molar-refractivity contribution is -0.143. The summed E-state index contributed by atoms with van der Waals surface area (Å²) in [4.78, 5) is 35.9. The monoisotopic (exact) mass is 398 g/mol. The van der Waals surface area contributed by atoms with Crippen LogP contribution in [0, 0.1) is 0 Å². The van der Waals surface area contributed by atoms with Gasteiger partial charge in [-0.05, 0) is 24.3 Å². The molecule has 0 aliphatic rings. The van der Waals surface area contributed by atoms with Crippen molar-refractivity contribution in [3.05, 3.63) is 47.3 Å². The van der Waals surface area contributed by atoms with Crippen molar-refractivity contribution >= 4 is 17.8 Å². The number of aromatic nitrogens is 2. The first-order valence-electron chi connectivity index (χ1n) is 7.99. The Hall–Kier alpha value is -3.37. The van der Waals surface area contributed by atoms with E-state index in [1.165, 1.54) is 29.2 Å². The summed E-state index contributed by atoms with van der Waals surface area (Å²) in [7, 11) is 3.17. The van der Waals surface area contributed by atoms with Crippen LogP contribution >= 0.6 is 0 Å². The molecule has 0 aliphatic carbocycles. The van der Waals surface area contributed by atoms with Crippen LogP contribution in [0.2, 0.25) is 0 Å². The number of rotatable bonds is 6. The maximum atomic E-state index is 13.2. The Morgan fingerprint density at radius 2 is 1.79 bits per heavy atom. The molecule has 1 aromatic carbocycles. The third-order valence-corrected chi connectivity index (χ3v) is 3.77. The molecular weight excluding hydrogens is 381 g/mol. The van der Waals surface area contributed by atoms with Crippen molar-refractivity contribution in [1.29, 1.82) is 0 Å². The Kier molecular flexibility index (Phi) is 6.06. The van der Waals surface area contributed by atoms with Crippen LogP contribution in [0.3, 0.4) is 0 Å². The molecule has 11 heteroatoms. The Balaban J connectivity index is 2.18. The van der Waals surface area contributed by atoms with Crippen molar-refractivity contribution in [2.24, 2.45) is 0 Å². The number of carbonyl (C=O) groups excluding carboxylic acids is 2.